The molecule has 0 aliphatic carbocycles. The standard InChI is InChI=1S/C17H19BrN2O/c1-4-19-16-10-12(3)5-7-13(16)17(21)20-15-8-6-11(2)9-14(15)18/h5-10,19H,4H2,1-3H3,(H,20,21). The summed E-state index contributed by atoms with van der Waals surface area (Å²) < 4.78 is 0.882. The molecule has 0 aromatic heterocycles. The molecular weight excluding hydrogens is 328 g/mol. The second-order valence-electron chi connectivity index (χ2n) is 5.02. The summed E-state index contributed by atoms with van der Waals surface area (Å²) in [7, 11) is 0. The van der Waals surface area contributed by atoms with Crippen molar-refractivity contribution in [1.29, 1.82) is 0 Å². The number of benzene rings is 2. The Kier molecular flexibility index (Phi) is 5.02. The summed E-state index contributed by atoms with van der Waals surface area (Å²) in [5.74, 6) is -0.115. The summed E-state index contributed by atoms with van der Waals surface area (Å²) in [6.07, 6.45) is 0. The summed E-state index contributed by atoms with van der Waals surface area (Å²) in [5, 5.41) is 6.18. The van der Waals surface area contributed by atoms with Gasteiger partial charge in [-0.25, -0.2) is 0 Å². The molecule has 0 aliphatic rings. The van der Waals surface area contributed by atoms with Gasteiger partial charge in [0.15, 0.2) is 0 Å². The van der Waals surface area contributed by atoms with Crippen LogP contribution in [0.3, 0.4) is 0 Å². The molecule has 0 unspecified atom stereocenters. The SMILES string of the molecule is CCNc1cc(C)ccc1C(=O)Nc1ccc(C)cc1Br. The van der Waals surface area contributed by atoms with Crippen molar-refractivity contribution in [2.75, 3.05) is 17.2 Å². The van der Waals surface area contributed by atoms with Gasteiger partial charge in [-0.15, -0.1) is 0 Å². The van der Waals surface area contributed by atoms with Gasteiger partial charge in [0, 0.05) is 16.7 Å². The smallest absolute Gasteiger partial charge is 0.257 e. The first-order chi connectivity index (χ1) is 10.0. The zero-order chi connectivity index (χ0) is 15.4. The quantitative estimate of drug-likeness (QED) is 0.838. The van der Waals surface area contributed by atoms with Gasteiger partial charge in [-0.3, -0.25) is 4.79 Å². The van der Waals surface area contributed by atoms with Gasteiger partial charge >= 0.3 is 0 Å². The molecule has 0 heterocycles. The van der Waals surface area contributed by atoms with Crippen LogP contribution in [0.2, 0.25) is 0 Å². The predicted octanol–water partition coefficient (Wildman–Crippen LogP) is 4.75. The minimum atomic E-state index is -0.115. The molecule has 21 heavy (non-hydrogen) atoms. The molecule has 2 rings (SSSR count). The highest BCUT2D eigenvalue weighted by Gasteiger charge is 2.12. The summed E-state index contributed by atoms with van der Waals surface area (Å²) in [4.78, 5) is 12.5. The van der Waals surface area contributed by atoms with Gasteiger partial charge in [0.25, 0.3) is 5.91 Å². The van der Waals surface area contributed by atoms with Crippen LogP contribution < -0.4 is 10.6 Å². The molecule has 1 amide bonds. The predicted molar refractivity (Wildman–Crippen MR) is 92.2 cm³/mol. The molecule has 2 aromatic carbocycles. The average Bonchev–Trinajstić information content (AvgIpc) is 2.42. The number of hydrogen-bond acceptors (Lipinski definition) is 2. The van der Waals surface area contributed by atoms with Crippen molar-refractivity contribution in [3.63, 3.8) is 0 Å². The average molecular weight is 347 g/mol. The molecule has 0 aliphatic heterocycles. The third-order valence-corrected chi connectivity index (χ3v) is 3.82. The second-order valence-corrected chi connectivity index (χ2v) is 5.87. The van der Waals surface area contributed by atoms with E-state index in [4.69, 9.17) is 0 Å². The lowest BCUT2D eigenvalue weighted by molar-refractivity contribution is 0.102. The van der Waals surface area contributed by atoms with E-state index in [2.05, 4.69) is 26.6 Å². The van der Waals surface area contributed by atoms with Crippen molar-refractivity contribution in [3.05, 3.63) is 57.6 Å². The second kappa shape index (κ2) is 6.76. The van der Waals surface area contributed by atoms with Crippen molar-refractivity contribution < 1.29 is 4.79 Å². The molecule has 4 heteroatoms. The van der Waals surface area contributed by atoms with Crippen molar-refractivity contribution in [2.45, 2.75) is 20.8 Å². The summed E-state index contributed by atoms with van der Waals surface area (Å²) in [6.45, 7) is 6.82. The van der Waals surface area contributed by atoms with Crippen molar-refractivity contribution >= 4 is 33.2 Å². The number of nitrogens with one attached hydrogen (secondary N) is 2. The van der Waals surface area contributed by atoms with Gasteiger partial charge in [-0.05, 0) is 72.1 Å². The highest BCUT2D eigenvalue weighted by atomic mass is 79.9. The number of hydrogen-bond donors (Lipinski definition) is 2. The Labute approximate surface area is 133 Å². The minimum Gasteiger partial charge on any atom is -0.385 e. The molecule has 0 radical (unpaired) electrons. The maximum absolute atomic E-state index is 12.5. The van der Waals surface area contributed by atoms with Crippen molar-refractivity contribution in [2.24, 2.45) is 0 Å². The van der Waals surface area contributed by atoms with Crippen LogP contribution in [0.15, 0.2) is 40.9 Å². The van der Waals surface area contributed by atoms with Gasteiger partial charge in [-0.1, -0.05) is 12.1 Å². The molecule has 110 valence electrons. The van der Waals surface area contributed by atoms with E-state index in [1.807, 2.05) is 57.2 Å². The Bertz CT molecular complexity index is 668. The van der Waals surface area contributed by atoms with Crippen LogP contribution in [0.1, 0.15) is 28.4 Å². The van der Waals surface area contributed by atoms with Gasteiger partial charge in [0.2, 0.25) is 0 Å². The van der Waals surface area contributed by atoms with Crippen LogP contribution in [-0.4, -0.2) is 12.5 Å². The lowest BCUT2D eigenvalue weighted by atomic mass is 10.1. The fourth-order valence-corrected chi connectivity index (χ4v) is 2.70. The number of anilines is 2. The van der Waals surface area contributed by atoms with Crippen LogP contribution in [0.25, 0.3) is 0 Å². The molecule has 0 saturated carbocycles. The molecular formula is C17H19BrN2O. The van der Waals surface area contributed by atoms with E-state index in [-0.39, 0.29) is 5.91 Å². The first-order valence-corrected chi connectivity index (χ1v) is 7.72. The number of carbonyl (C=O) groups is 1. The van der Waals surface area contributed by atoms with Crippen LogP contribution >= 0.6 is 15.9 Å². The van der Waals surface area contributed by atoms with Crippen LogP contribution in [0, 0.1) is 13.8 Å². The molecule has 0 atom stereocenters. The van der Waals surface area contributed by atoms with E-state index >= 15 is 0 Å². The zero-order valence-corrected chi connectivity index (χ0v) is 14.0. The number of carbonyl (C=O) groups excluding carboxylic acids is 1. The lowest BCUT2D eigenvalue weighted by Gasteiger charge is -2.13. The van der Waals surface area contributed by atoms with E-state index in [1.54, 1.807) is 0 Å². The molecule has 0 bridgehead atoms. The maximum atomic E-state index is 12.5. The van der Waals surface area contributed by atoms with Gasteiger partial charge in [0.1, 0.15) is 0 Å². The Morgan fingerprint density at radius 3 is 2.38 bits per heavy atom. The maximum Gasteiger partial charge on any atom is 0.257 e. The van der Waals surface area contributed by atoms with E-state index in [9.17, 15) is 4.79 Å². The monoisotopic (exact) mass is 346 g/mol. The van der Waals surface area contributed by atoms with E-state index in [0.29, 0.717) is 5.56 Å². The Balaban J connectivity index is 2.28. The molecule has 0 spiro atoms. The van der Waals surface area contributed by atoms with Crippen LogP contribution in [0.5, 0.6) is 0 Å². The van der Waals surface area contributed by atoms with Crippen LogP contribution in [0.4, 0.5) is 11.4 Å². The van der Waals surface area contributed by atoms with Crippen molar-refractivity contribution in [3.8, 4) is 0 Å². The van der Waals surface area contributed by atoms with Crippen LogP contribution in [-0.2, 0) is 0 Å². The van der Waals surface area contributed by atoms with Gasteiger partial charge in [-0.2, -0.15) is 0 Å². The van der Waals surface area contributed by atoms with E-state index in [1.165, 1.54) is 0 Å². The first-order valence-electron chi connectivity index (χ1n) is 6.93. The molecule has 2 aromatic rings. The Morgan fingerprint density at radius 2 is 1.71 bits per heavy atom. The molecule has 2 N–H and O–H groups in total. The lowest BCUT2D eigenvalue weighted by Crippen LogP contribution is -2.15. The molecule has 0 fully saturated rings. The largest absolute Gasteiger partial charge is 0.385 e. The number of amides is 1. The van der Waals surface area contributed by atoms with Gasteiger partial charge in [0.05, 0.1) is 11.3 Å². The minimum absolute atomic E-state index is 0.115. The third-order valence-electron chi connectivity index (χ3n) is 3.16. The topological polar surface area (TPSA) is 41.1 Å². The first kappa shape index (κ1) is 15.6. The molecule has 3 nitrogen and oxygen atoms in total. The third kappa shape index (κ3) is 3.85. The Morgan fingerprint density at radius 1 is 1.05 bits per heavy atom. The van der Waals surface area contributed by atoms with Crippen molar-refractivity contribution in [1.82, 2.24) is 0 Å². The fourth-order valence-electron chi connectivity index (χ4n) is 2.10. The van der Waals surface area contributed by atoms with E-state index < -0.39 is 0 Å². The summed E-state index contributed by atoms with van der Waals surface area (Å²) >= 11 is 3.48. The summed E-state index contributed by atoms with van der Waals surface area (Å²) in [6, 6.07) is 11.6. The fraction of sp³-hybridized carbons (Fsp3) is 0.235. The Hall–Kier alpha value is -1.81. The molecule has 0 saturated heterocycles. The number of rotatable bonds is 4. The summed E-state index contributed by atoms with van der Waals surface area (Å²) in [5.41, 5.74) is 4.55. The van der Waals surface area contributed by atoms with Gasteiger partial charge < -0.3 is 10.6 Å². The normalized spacial score (nSPS) is 10.3. The van der Waals surface area contributed by atoms with E-state index in [0.717, 1.165) is 33.5 Å². The zero-order valence-electron chi connectivity index (χ0n) is 12.5. The highest BCUT2D eigenvalue weighted by Crippen LogP contribution is 2.25. The number of aryl methyl sites for hydroxylation is 2. The highest BCUT2D eigenvalue weighted by molar-refractivity contribution is 9.10. The number of halogens is 1.